The van der Waals surface area contributed by atoms with Crippen LogP contribution in [-0.4, -0.2) is 10.8 Å². The third-order valence-electron chi connectivity index (χ3n) is 1.84. The average Bonchev–Trinajstić information content (AvgIpc) is 2.14. The molecule has 0 bridgehead atoms. The van der Waals surface area contributed by atoms with Gasteiger partial charge in [0.1, 0.15) is 0 Å². The molecular formula is C8H4BrF3N2O3. The number of non-ortho nitro benzene ring substituents is 1. The number of nitrogens with zero attached hydrogens (tertiary/aromatic N) is 1. The van der Waals surface area contributed by atoms with Crippen LogP contribution < -0.4 is 5.73 Å². The zero-order chi connectivity index (χ0) is 13.4. The Morgan fingerprint density at radius 2 is 1.94 bits per heavy atom. The summed E-state index contributed by atoms with van der Waals surface area (Å²) in [6.07, 6.45) is -4.90. The molecule has 1 amide bonds. The molecule has 0 aliphatic carbocycles. The first-order valence-corrected chi connectivity index (χ1v) is 4.79. The zero-order valence-electron chi connectivity index (χ0n) is 7.92. The summed E-state index contributed by atoms with van der Waals surface area (Å²) in [6, 6.07) is 1.06. The summed E-state index contributed by atoms with van der Waals surface area (Å²) < 4.78 is 37.4. The maximum atomic E-state index is 12.6. The molecule has 5 nitrogen and oxygen atoms in total. The van der Waals surface area contributed by atoms with E-state index in [1.54, 1.807) is 0 Å². The summed E-state index contributed by atoms with van der Waals surface area (Å²) in [5, 5.41) is 10.4. The van der Waals surface area contributed by atoms with Gasteiger partial charge < -0.3 is 5.73 Å². The van der Waals surface area contributed by atoms with Crippen molar-refractivity contribution < 1.29 is 22.9 Å². The highest BCUT2D eigenvalue weighted by Gasteiger charge is 2.37. The molecule has 0 radical (unpaired) electrons. The van der Waals surface area contributed by atoms with E-state index in [0.29, 0.717) is 0 Å². The van der Waals surface area contributed by atoms with Crippen molar-refractivity contribution in [2.45, 2.75) is 6.18 Å². The van der Waals surface area contributed by atoms with Crippen LogP contribution in [0, 0.1) is 10.1 Å². The lowest BCUT2D eigenvalue weighted by atomic mass is 10.1. The van der Waals surface area contributed by atoms with Gasteiger partial charge in [-0.3, -0.25) is 14.9 Å². The maximum Gasteiger partial charge on any atom is 0.417 e. The number of nitro groups is 1. The van der Waals surface area contributed by atoms with E-state index in [-0.39, 0.29) is 10.5 Å². The smallest absolute Gasteiger partial charge is 0.366 e. The molecule has 0 atom stereocenters. The number of carbonyl (C=O) groups is 1. The number of alkyl halides is 3. The van der Waals surface area contributed by atoms with Gasteiger partial charge in [-0.1, -0.05) is 0 Å². The normalized spacial score (nSPS) is 11.3. The summed E-state index contributed by atoms with van der Waals surface area (Å²) in [4.78, 5) is 20.3. The molecule has 1 aromatic rings. The van der Waals surface area contributed by atoms with E-state index >= 15 is 0 Å². The standard InChI is InChI=1S/C8H4BrF3N2O3/c9-5-2-3(14(16)17)1-4(8(10,11)12)6(5)7(13)15/h1-2H,(H2,13,15). The Morgan fingerprint density at radius 1 is 1.41 bits per heavy atom. The number of hydrogen-bond donors (Lipinski definition) is 1. The van der Waals surface area contributed by atoms with Gasteiger partial charge in [0.15, 0.2) is 0 Å². The predicted octanol–water partition coefficient (Wildman–Crippen LogP) is 2.47. The minimum Gasteiger partial charge on any atom is -0.366 e. The van der Waals surface area contributed by atoms with Crippen LogP contribution in [0.4, 0.5) is 18.9 Å². The SMILES string of the molecule is NC(=O)c1c(Br)cc([N+](=O)[O-])cc1C(F)(F)F. The summed E-state index contributed by atoms with van der Waals surface area (Å²) in [6.45, 7) is 0. The van der Waals surface area contributed by atoms with Crippen molar-refractivity contribution in [1.82, 2.24) is 0 Å². The number of amides is 1. The minimum absolute atomic E-state index is 0.269. The number of hydrogen-bond acceptors (Lipinski definition) is 3. The van der Waals surface area contributed by atoms with Gasteiger partial charge in [-0.25, -0.2) is 0 Å². The van der Waals surface area contributed by atoms with E-state index in [2.05, 4.69) is 15.9 Å². The highest BCUT2D eigenvalue weighted by atomic mass is 79.9. The number of carbonyl (C=O) groups excluding carboxylic acids is 1. The van der Waals surface area contributed by atoms with Gasteiger partial charge >= 0.3 is 6.18 Å². The molecule has 0 saturated carbocycles. The molecule has 0 fully saturated rings. The lowest BCUT2D eigenvalue weighted by molar-refractivity contribution is -0.385. The number of rotatable bonds is 2. The predicted molar refractivity (Wildman–Crippen MR) is 54.3 cm³/mol. The van der Waals surface area contributed by atoms with Crippen molar-refractivity contribution in [3.8, 4) is 0 Å². The number of nitrogens with two attached hydrogens (primary N) is 1. The highest BCUT2D eigenvalue weighted by molar-refractivity contribution is 9.10. The Hall–Kier alpha value is -1.64. The quantitative estimate of drug-likeness (QED) is 0.672. The lowest BCUT2D eigenvalue weighted by Gasteiger charge is -2.11. The molecule has 0 saturated heterocycles. The van der Waals surface area contributed by atoms with Crippen LogP contribution in [0.15, 0.2) is 16.6 Å². The molecular weight excluding hydrogens is 309 g/mol. The summed E-state index contributed by atoms with van der Waals surface area (Å²) in [5.74, 6) is -1.32. The van der Waals surface area contributed by atoms with Crippen LogP contribution in [0.25, 0.3) is 0 Å². The first-order valence-electron chi connectivity index (χ1n) is 3.99. The van der Waals surface area contributed by atoms with Gasteiger partial charge in [0.2, 0.25) is 5.91 Å². The maximum absolute atomic E-state index is 12.6. The van der Waals surface area contributed by atoms with Crippen molar-refractivity contribution in [2.24, 2.45) is 5.73 Å². The zero-order valence-corrected chi connectivity index (χ0v) is 9.50. The van der Waals surface area contributed by atoms with E-state index < -0.39 is 33.8 Å². The Bertz CT molecular complexity index is 502. The molecule has 0 aromatic heterocycles. The molecule has 0 aliphatic heterocycles. The first kappa shape index (κ1) is 13.4. The summed E-state index contributed by atoms with van der Waals surface area (Å²) >= 11 is 2.65. The Balaban J connectivity index is 3.62. The number of nitro benzene ring substituents is 1. The minimum atomic E-state index is -4.90. The monoisotopic (exact) mass is 312 g/mol. The lowest BCUT2D eigenvalue weighted by Crippen LogP contribution is -2.19. The average molecular weight is 313 g/mol. The van der Waals surface area contributed by atoms with Crippen LogP contribution in [-0.2, 0) is 6.18 Å². The van der Waals surface area contributed by atoms with E-state index in [0.717, 1.165) is 6.07 Å². The van der Waals surface area contributed by atoms with Crippen LogP contribution >= 0.6 is 15.9 Å². The van der Waals surface area contributed by atoms with Crippen molar-refractivity contribution in [2.75, 3.05) is 0 Å². The second-order valence-electron chi connectivity index (χ2n) is 2.97. The van der Waals surface area contributed by atoms with Gasteiger partial charge in [0.25, 0.3) is 5.69 Å². The Morgan fingerprint density at radius 3 is 2.29 bits per heavy atom. The molecule has 2 N–H and O–H groups in total. The molecule has 17 heavy (non-hydrogen) atoms. The molecule has 92 valence electrons. The van der Waals surface area contributed by atoms with Crippen LogP contribution in [0.3, 0.4) is 0 Å². The summed E-state index contributed by atoms with van der Waals surface area (Å²) in [5.41, 5.74) is 1.75. The third-order valence-corrected chi connectivity index (χ3v) is 2.46. The van der Waals surface area contributed by atoms with Gasteiger partial charge in [0.05, 0.1) is 16.1 Å². The van der Waals surface area contributed by atoms with Gasteiger partial charge in [0, 0.05) is 16.6 Å². The second-order valence-corrected chi connectivity index (χ2v) is 3.82. The van der Waals surface area contributed by atoms with Crippen LogP contribution in [0.2, 0.25) is 0 Å². The fourth-order valence-electron chi connectivity index (χ4n) is 1.17. The number of primary amides is 1. The topological polar surface area (TPSA) is 86.2 Å². The molecule has 0 heterocycles. The van der Waals surface area contributed by atoms with Crippen molar-refractivity contribution in [3.63, 3.8) is 0 Å². The number of benzene rings is 1. The molecule has 0 aliphatic rings. The van der Waals surface area contributed by atoms with E-state index in [1.165, 1.54) is 0 Å². The molecule has 9 heteroatoms. The van der Waals surface area contributed by atoms with Gasteiger partial charge in [-0.2, -0.15) is 13.2 Å². The Kier molecular flexibility index (Phi) is 3.41. The van der Waals surface area contributed by atoms with E-state index in [1.807, 2.05) is 0 Å². The highest BCUT2D eigenvalue weighted by Crippen LogP contribution is 2.37. The van der Waals surface area contributed by atoms with E-state index in [9.17, 15) is 28.1 Å². The van der Waals surface area contributed by atoms with Gasteiger partial charge in [-0.15, -0.1) is 0 Å². The van der Waals surface area contributed by atoms with Crippen LogP contribution in [0.1, 0.15) is 15.9 Å². The van der Waals surface area contributed by atoms with Crippen LogP contribution in [0.5, 0.6) is 0 Å². The third kappa shape index (κ3) is 2.73. The Labute approximate surface area is 101 Å². The van der Waals surface area contributed by atoms with Crippen molar-refractivity contribution in [3.05, 3.63) is 37.8 Å². The first-order chi connectivity index (χ1) is 7.64. The fraction of sp³-hybridized carbons (Fsp3) is 0.125. The molecule has 0 spiro atoms. The largest absolute Gasteiger partial charge is 0.417 e. The van der Waals surface area contributed by atoms with Crippen molar-refractivity contribution in [1.29, 1.82) is 0 Å². The fourth-order valence-corrected chi connectivity index (χ4v) is 1.82. The van der Waals surface area contributed by atoms with E-state index in [4.69, 9.17) is 5.73 Å². The van der Waals surface area contributed by atoms with Crippen molar-refractivity contribution >= 4 is 27.5 Å². The molecule has 1 aromatic carbocycles. The second kappa shape index (κ2) is 4.32. The molecule has 1 rings (SSSR count). The molecule has 0 unspecified atom stereocenters. The summed E-state index contributed by atoms with van der Waals surface area (Å²) in [7, 11) is 0. The number of halogens is 4. The van der Waals surface area contributed by atoms with Gasteiger partial charge in [-0.05, 0) is 15.9 Å².